The van der Waals surface area contributed by atoms with Gasteiger partial charge in [-0.15, -0.1) is 11.3 Å². The van der Waals surface area contributed by atoms with Crippen molar-refractivity contribution in [2.24, 2.45) is 0 Å². The van der Waals surface area contributed by atoms with Gasteiger partial charge >= 0.3 is 5.97 Å². The van der Waals surface area contributed by atoms with Crippen molar-refractivity contribution in [2.75, 3.05) is 5.73 Å². The minimum Gasteiger partial charge on any atom is -0.477 e. The number of rotatable bonds is 2. The normalized spacial score (nSPS) is 10.8. The molecule has 0 unspecified atom stereocenters. The fraction of sp³-hybridized carbons (Fsp3) is 0. The first-order valence-corrected chi connectivity index (χ1v) is 6.56. The van der Waals surface area contributed by atoms with E-state index in [0.29, 0.717) is 15.9 Å². The van der Waals surface area contributed by atoms with Gasteiger partial charge < -0.3 is 10.8 Å². The summed E-state index contributed by atoms with van der Waals surface area (Å²) in [5.74, 6) is -1.38. The smallest absolute Gasteiger partial charge is 0.348 e. The van der Waals surface area contributed by atoms with Crippen LogP contribution in [0.5, 0.6) is 0 Å². The van der Waals surface area contributed by atoms with Crippen LogP contribution in [-0.4, -0.2) is 16.1 Å². The SMILES string of the molecule is Nc1c(C(=O)O)sc2nc(-c3ccc(F)cc3)ccc12. The number of hydrogen-bond donors (Lipinski definition) is 2. The van der Waals surface area contributed by atoms with Crippen LogP contribution in [0.25, 0.3) is 21.5 Å². The lowest BCUT2D eigenvalue weighted by Crippen LogP contribution is -1.96. The molecular weight excluding hydrogens is 279 g/mol. The van der Waals surface area contributed by atoms with Crippen molar-refractivity contribution in [3.63, 3.8) is 0 Å². The zero-order valence-corrected chi connectivity index (χ0v) is 10.9. The van der Waals surface area contributed by atoms with Crippen molar-refractivity contribution in [3.8, 4) is 11.3 Å². The van der Waals surface area contributed by atoms with E-state index in [1.807, 2.05) is 0 Å². The molecule has 0 aliphatic rings. The quantitative estimate of drug-likeness (QED) is 0.758. The Bertz CT molecular complexity index is 812. The molecule has 0 aliphatic heterocycles. The van der Waals surface area contributed by atoms with Crippen molar-refractivity contribution in [2.45, 2.75) is 0 Å². The van der Waals surface area contributed by atoms with Gasteiger partial charge in [0.05, 0.1) is 11.4 Å². The van der Waals surface area contributed by atoms with Gasteiger partial charge in [-0.1, -0.05) is 0 Å². The molecule has 100 valence electrons. The number of fused-ring (bicyclic) bond motifs is 1. The molecule has 0 amide bonds. The molecule has 0 spiro atoms. The van der Waals surface area contributed by atoms with Gasteiger partial charge in [-0.05, 0) is 36.4 Å². The fourth-order valence-corrected chi connectivity index (χ4v) is 2.87. The van der Waals surface area contributed by atoms with Crippen LogP contribution in [0.2, 0.25) is 0 Å². The molecule has 3 aromatic rings. The maximum atomic E-state index is 12.9. The van der Waals surface area contributed by atoms with E-state index in [0.717, 1.165) is 16.9 Å². The number of benzene rings is 1. The Morgan fingerprint density at radius 1 is 1.20 bits per heavy atom. The highest BCUT2D eigenvalue weighted by Crippen LogP contribution is 2.34. The third-order valence-electron chi connectivity index (χ3n) is 2.93. The molecule has 1 aromatic carbocycles. The molecule has 6 heteroatoms. The Kier molecular flexibility index (Phi) is 2.87. The molecule has 0 radical (unpaired) electrons. The molecule has 3 N–H and O–H groups in total. The highest BCUT2D eigenvalue weighted by Gasteiger charge is 2.16. The van der Waals surface area contributed by atoms with Crippen molar-refractivity contribution < 1.29 is 14.3 Å². The van der Waals surface area contributed by atoms with Crippen LogP contribution in [0.4, 0.5) is 10.1 Å². The van der Waals surface area contributed by atoms with E-state index in [2.05, 4.69) is 4.98 Å². The second kappa shape index (κ2) is 4.57. The number of carboxylic acids is 1. The number of aromatic carboxylic acids is 1. The minimum absolute atomic E-state index is 0.0868. The number of nitrogen functional groups attached to an aromatic ring is 1. The molecule has 20 heavy (non-hydrogen) atoms. The van der Waals surface area contributed by atoms with Gasteiger partial charge in [0, 0.05) is 10.9 Å². The van der Waals surface area contributed by atoms with E-state index < -0.39 is 5.97 Å². The van der Waals surface area contributed by atoms with Crippen molar-refractivity contribution in [3.05, 3.63) is 47.1 Å². The lowest BCUT2D eigenvalue weighted by atomic mass is 10.1. The number of anilines is 1. The molecule has 3 rings (SSSR count). The van der Waals surface area contributed by atoms with E-state index in [1.165, 1.54) is 12.1 Å². The minimum atomic E-state index is -1.06. The van der Waals surface area contributed by atoms with Gasteiger partial charge in [-0.3, -0.25) is 0 Å². The Balaban J connectivity index is 2.15. The molecule has 4 nitrogen and oxygen atoms in total. The Morgan fingerprint density at radius 2 is 1.90 bits per heavy atom. The number of pyridine rings is 1. The highest BCUT2D eigenvalue weighted by atomic mass is 32.1. The van der Waals surface area contributed by atoms with Gasteiger partial charge in [-0.25, -0.2) is 14.2 Å². The Hall–Kier alpha value is -2.47. The lowest BCUT2D eigenvalue weighted by Gasteiger charge is -2.00. The zero-order chi connectivity index (χ0) is 14.3. The Morgan fingerprint density at radius 3 is 2.55 bits per heavy atom. The van der Waals surface area contributed by atoms with Crippen LogP contribution in [-0.2, 0) is 0 Å². The van der Waals surface area contributed by atoms with Crippen molar-refractivity contribution >= 4 is 33.2 Å². The second-order valence-corrected chi connectivity index (χ2v) is 5.21. The summed E-state index contributed by atoms with van der Waals surface area (Å²) in [7, 11) is 0. The average Bonchev–Trinajstić information content (AvgIpc) is 2.77. The monoisotopic (exact) mass is 288 g/mol. The van der Waals surface area contributed by atoms with Gasteiger partial charge in [-0.2, -0.15) is 0 Å². The summed E-state index contributed by atoms with van der Waals surface area (Å²) >= 11 is 1.03. The maximum Gasteiger partial charge on any atom is 0.348 e. The molecular formula is C14H9FN2O2S. The molecule has 2 aromatic heterocycles. The van der Waals surface area contributed by atoms with E-state index in [9.17, 15) is 9.18 Å². The van der Waals surface area contributed by atoms with Gasteiger partial charge in [0.15, 0.2) is 0 Å². The molecule has 0 aliphatic carbocycles. The summed E-state index contributed by atoms with van der Waals surface area (Å²) in [5.41, 5.74) is 7.43. The number of thiophene rings is 1. The zero-order valence-electron chi connectivity index (χ0n) is 10.1. The number of carboxylic acid groups (broad SMARTS) is 1. The summed E-state index contributed by atoms with van der Waals surface area (Å²) in [6, 6.07) is 9.43. The second-order valence-electron chi connectivity index (χ2n) is 4.21. The summed E-state index contributed by atoms with van der Waals surface area (Å²) < 4.78 is 12.9. The van der Waals surface area contributed by atoms with Crippen LogP contribution in [0, 0.1) is 5.82 Å². The van der Waals surface area contributed by atoms with Crippen LogP contribution >= 0.6 is 11.3 Å². The van der Waals surface area contributed by atoms with Crippen LogP contribution in [0.15, 0.2) is 36.4 Å². The summed E-state index contributed by atoms with van der Waals surface area (Å²) in [4.78, 5) is 16.1. The van der Waals surface area contributed by atoms with E-state index in [-0.39, 0.29) is 16.4 Å². The third-order valence-corrected chi connectivity index (χ3v) is 4.03. The first-order valence-electron chi connectivity index (χ1n) is 5.74. The van der Waals surface area contributed by atoms with Crippen LogP contribution < -0.4 is 5.73 Å². The molecule has 2 heterocycles. The number of hydrogen-bond acceptors (Lipinski definition) is 4. The predicted octanol–water partition coefficient (Wildman–Crippen LogP) is 3.38. The first-order chi connectivity index (χ1) is 9.56. The summed E-state index contributed by atoms with van der Waals surface area (Å²) in [6.45, 7) is 0. The van der Waals surface area contributed by atoms with Gasteiger partial charge in [0.1, 0.15) is 15.5 Å². The maximum absolute atomic E-state index is 12.9. The molecule has 0 saturated carbocycles. The molecule has 0 saturated heterocycles. The molecule has 0 bridgehead atoms. The predicted molar refractivity (Wildman–Crippen MR) is 76.4 cm³/mol. The van der Waals surface area contributed by atoms with Crippen molar-refractivity contribution in [1.82, 2.24) is 4.98 Å². The fourth-order valence-electron chi connectivity index (χ4n) is 1.94. The number of nitrogens with zero attached hydrogens (tertiary/aromatic N) is 1. The van der Waals surface area contributed by atoms with Crippen molar-refractivity contribution in [1.29, 1.82) is 0 Å². The lowest BCUT2D eigenvalue weighted by molar-refractivity contribution is 0.0703. The Labute approximate surface area is 117 Å². The molecule has 0 fully saturated rings. The number of carbonyl (C=O) groups is 1. The average molecular weight is 288 g/mol. The van der Waals surface area contributed by atoms with E-state index in [1.54, 1.807) is 24.3 Å². The summed E-state index contributed by atoms with van der Waals surface area (Å²) in [5, 5.41) is 9.67. The van der Waals surface area contributed by atoms with E-state index in [4.69, 9.17) is 10.8 Å². The number of halogens is 1. The highest BCUT2D eigenvalue weighted by molar-refractivity contribution is 7.21. The topological polar surface area (TPSA) is 76.2 Å². The van der Waals surface area contributed by atoms with E-state index >= 15 is 0 Å². The number of nitrogens with two attached hydrogens (primary N) is 1. The molecule has 0 atom stereocenters. The van der Waals surface area contributed by atoms with Crippen LogP contribution in [0.1, 0.15) is 9.67 Å². The third kappa shape index (κ3) is 2.00. The largest absolute Gasteiger partial charge is 0.477 e. The first kappa shape index (κ1) is 12.6. The van der Waals surface area contributed by atoms with Gasteiger partial charge in [0.2, 0.25) is 0 Å². The number of aromatic nitrogens is 1. The van der Waals surface area contributed by atoms with Crippen LogP contribution in [0.3, 0.4) is 0 Å². The standard InChI is InChI=1S/C14H9FN2O2S/c15-8-3-1-7(2-4-8)10-6-5-9-11(16)12(14(18)19)20-13(9)17-10/h1-6H,16H2,(H,18,19). The summed E-state index contributed by atoms with van der Waals surface area (Å²) in [6.07, 6.45) is 0. The van der Waals surface area contributed by atoms with Gasteiger partial charge in [0.25, 0.3) is 0 Å².